The normalized spacial score (nSPS) is 28.8. The predicted octanol–water partition coefficient (Wildman–Crippen LogP) is 1.59. The number of hydrogen-bond donors (Lipinski definition) is 1. The Morgan fingerprint density at radius 2 is 2.31 bits per heavy atom. The zero-order valence-electron chi connectivity index (χ0n) is 7.50. The fourth-order valence-corrected chi connectivity index (χ4v) is 2.29. The lowest BCUT2D eigenvalue weighted by Gasteiger charge is -2.17. The molecule has 0 radical (unpaired) electrons. The van der Waals surface area contributed by atoms with E-state index in [9.17, 15) is 4.79 Å². The summed E-state index contributed by atoms with van der Waals surface area (Å²) in [6, 6.07) is 6.40. The molecule has 0 bridgehead atoms. The molecule has 1 aromatic rings. The molecule has 1 amide bonds. The third kappa shape index (κ3) is 0.857. The molecule has 1 fully saturated rings. The van der Waals surface area contributed by atoms with Gasteiger partial charge in [-0.3, -0.25) is 4.79 Å². The Bertz CT molecular complexity index is 397. The third-order valence-electron chi connectivity index (χ3n) is 3.05. The topological polar surface area (TPSA) is 29.1 Å². The molecule has 66 valence electrons. The largest absolute Gasteiger partial charge is 0.349 e. The summed E-state index contributed by atoms with van der Waals surface area (Å²) < 4.78 is 0. The van der Waals surface area contributed by atoms with E-state index in [0.717, 1.165) is 12.0 Å². The molecule has 13 heavy (non-hydrogen) atoms. The van der Waals surface area contributed by atoms with Gasteiger partial charge in [-0.15, -0.1) is 0 Å². The molecule has 0 aromatic heterocycles. The molecule has 1 aromatic carbocycles. The molecule has 1 aliphatic heterocycles. The molecule has 2 unspecified atom stereocenters. The second kappa shape index (κ2) is 2.13. The van der Waals surface area contributed by atoms with Crippen molar-refractivity contribution < 1.29 is 4.79 Å². The highest BCUT2D eigenvalue weighted by Crippen LogP contribution is 2.46. The van der Waals surface area contributed by atoms with Gasteiger partial charge in [0.2, 0.25) is 0 Å². The Balaban J connectivity index is 2.25. The number of amides is 1. The first-order chi connectivity index (χ1) is 6.27. The van der Waals surface area contributed by atoms with E-state index in [2.05, 4.69) is 18.3 Å². The van der Waals surface area contributed by atoms with E-state index >= 15 is 0 Å². The van der Waals surface area contributed by atoms with Crippen molar-refractivity contribution in [2.45, 2.75) is 25.3 Å². The minimum Gasteiger partial charge on any atom is -0.349 e. The van der Waals surface area contributed by atoms with E-state index in [1.54, 1.807) is 0 Å². The summed E-state index contributed by atoms with van der Waals surface area (Å²) >= 11 is 0. The fourth-order valence-electron chi connectivity index (χ4n) is 2.29. The first kappa shape index (κ1) is 7.13. The minimum absolute atomic E-state index is 0.109. The first-order valence-electron chi connectivity index (χ1n) is 4.68. The zero-order valence-corrected chi connectivity index (χ0v) is 7.50. The van der Waals surface area contributed by atoms with Crippen LogP contribution in [0.15, 0.2) is 18.2 Å². The van der Waals surface area contributed by atoms with Crippen molar-refractivity contribution in [2.24, 2.45) is 0 Å². The number of carbonyl (C=O) groups excluding carboxylic acids is 1. The maximum Gasteiger partial charge on any atom is 0.251 e. The Labute approximate surface area is 77.0 Å². The standard InChI is InChI=1S/C11H11NO/c1-6-3-2-4-7-10(6)8-5-9(8)12-11(7)13/h2-4,8-9H,5H2,1H3,(H,12,13). The smallest absolute Gasteiger partial charge is 0.251 e. The van der Waals surface area contributed by atoms with E-state index in [-0.39, 0.29) is 5.91 Å². The van der Waals surface area contributed by atoms with Gasteiger partial charge in [-0.1, -0.05) is 12.1 Å². The van der Waals surface area contributed by atoms with Crippen molar-refractivity contribution in [3.63, 3.8) is 0 Å². The van der Waals surface area contributed by atoms with Crippen LogP contribution in [-0.2, 0) is 0 Å². The Morgan fingerprint density at radius 1 is 1.46 bits per heavy atom. The van der Waals surface area contributed by atoms with Crippen LogP contribution in [0, 0.1) is 6.92 Å². The number of aryl methyl sites for hydroxylation is 1. The van der Waals surface area contributed by atoms with Gasteiger partial charge < -0.3 is 5.32 Å². The van der Waals surface area contributed by atoms with Crippen molar-refractivity contribution in [3.05, 3.63) is 34.9 Å². The maximum atomic E-state index is 11.6. The van der Waals surface area contributed by atoms with Crippen LogP contribution in [-0.4, -0.2) is 11.9 Å². The number of nitrogens with one attached hydrogen (secondary N) is 1. The van der Waals surface area contributed by atoms with Gasteiger partial charge in [-0.05, 0) is 30.5 Å². The van der Waals surface area contributed by atoms with E-state index < -0.39 is 0 Å². The summed E-state index contributed by atoms with van der Waals surface area (Å²) in [5.41, 5.74) is 3.44. The molecule has 1 heterocycles. The monoisotopic (exact) mass is 173 g/mol. The summed E-state index contributed by atoms with van der Waals surface area (Å²) in [5.74, 6) is 0.714. The van der Waals surface area contributed by atoms with E-state index in [1.807, 2.05) is 12.1 Å². The molecule has 2 atom stereocenters. The molecule has 2 heteroatoms. The highest BCUT2D eigenvalue weighted by Gasteiger charge is 2.45. The second-order valence-electron chi connectivity index (χ2n) is 3.96. The van der Waals surface area contributed by atoms with Gasteiger partial charge in [-0.25, -0.2) is 0 Å². The maximum absolute atomic E-state index is 11.6. The summed E-state index contributed by atoms with van der Waals surface area (Å²) in [4.78, 5) is 11.6. The summed E-state index contributed by atoms with van der Waals surface area (Å²) in [6.45, 7) is 2.09. The van der Waals surface area contributed by atoms with Crippen LogP contribution in [0.4, 0.5) is 0 Å². The van der Waals surface area contributed by atoms with Crippen molar-refractivity contribution in [3.8, 4) is 0 Å². The van der Waals surface area contributed by atoms with Crippen molar-refractivity contribution in [2.75, 3.05) is 0 Å². The quantitative estimate of drug-likeness (QED) is 0.634. The van der Waals surface area contributed by atoms with Gasteiger partial charge in [0.15, 0.2) is 0 Å². The zero-order chi connectivity index (χ0) is 9.00. The van der Waals surface area contributed by atoms with Gasteiger partial charge in [0, 0.05) is 17.5 Å². The Kier molecular flexibility index (Phi) is 1.17. The summed E-state index contributed by atoms with van der Waals surface area (Å²) in [5, 5.41) is 3.00. The number of rotatable bonds is 0. The number of fused-ring (bicyclic) bond motifs is 3. The van der Waals surface area contributed by atoms with Gasteiger partial charge in [0.05, 0.1) is 0 Å². The molecule has 1 N–H and O–H groups in total. The molecule has 1 aliphatic carbocycles. The number of carbonyl (C=O) groups is 1. The average molecular weight is 173 g/mol. The molecule has 0 spiro atoms. The predicted molar refractivity (Wildman–Crippen MR) is 49.8 cm³/mol. The number of hydrogen-bond acceptors (Lipinski definition) is 1. The van der Waals surface area contributed by atoms with Gasteiger partial charge >= 0.3 is 0 Å². The Hall–Kier alpha value is -1.31. The highest BCUT2D eigenvalue weighted by molar-refractivity contribution is 5.98. The molecule has 2 nitrogen and oxygen atoms in total. The summed E-state index contributed by atoms with van der Waals surface area (Å²) in [6.07, 6.45) is 1.13. The van der Waals surface area contributed by atoms with Crippen molar-refractivity contribution in [1.29, 1.82) is 0 Å². The third-order valence-corrected chi connectivity index (χ3v) is 3.05. The molecule has 3 rings (SSSR count). The van der Waals surface area contributed by atoms with Gasteiger partial charge in [0.25, 0.3) is 5.91 Å². The van der Waals surface area contributed by atoms with Crippen LogP contribution < -0.4 is 5.32 Å². The van der Waals surface area contributed by atoms with E-state index in [4.69, 9.17) is 0 Å². The lowest BCUT2D eigenvalue weighted by Crippen LogP contribution is -2.31. The molecule has 0 saturated heterocycles. The summed E-state index contributed by atoms with van der Waals surface area (Å²) in [7, 11) is 0. The van der Waals surface area contributed by atoms with Crippen LogP contribution in [0.3, 0.4) is 0 Å². The van der Waals surface area contributed by atoms with Crippen LogP contribution in [0.5, 0.6) is 0 Å². The lowest BCUT2D eigenvalue weighted by atomic mass is 9.95. The molecular weight excluding hydrogens is 162 g/mol. The van der Waals surface area contributed by atoms with E-state index in [0.29, 0.717) is 12.0 Å². The molecule has 2 aliphatic rings. The first-order valence-corrected chi connectivity index (χ1v) is 4.68. The van der Waals surface area contributed by atoms with Crippen LogP contribution in [0.2, 0.25) is 0 Å². The van der Waals surface area contributed by atoms with Crippen LogP contribution in [0.25, 0.3) is 0 Å². The van der Waals surface area contributed by atoms with Crippen LogP contribution >= 0.6 is 0 Å². The molecule has 1 saturated carbocycles. The average Bonchev–Trinajstić information content (AvgIpc) is 2.83. The van der Waals surface area contributed by atoms with Crippen LogP contribution in [0.1, 0.15) is 33.8 Å². The fraction of sp³-hybridized carbons (Fsp3) is 0.364. The van der Waals surface area contributed by atoms with Gasteiger partial charge in [-0.2, -0.15) is 0 Å². The minimum atomic E-state index is 0.109. The highest BCUT2D eigenvalue weighted by atomic mass is 16.1. The lowest BCUT2D eigenvalue weighted by molar-refractivity contribution is 0.0943. The van der Waals surface area contributed by atoms with Crippen molar-refractivity contribution >= 4 is 5.91 Å². The van der Waals surface area contributed by atoms with Gasteiger partial charge in [0.1, 0.15) is 0 Å². The number of benzene rings is 1. The Morgan fingerprint density at radius 3 is 3.15 bits per heavy atom. The molecular formula is C11H11NO. The SMILES string of the molecule is Cc1cccc2c1C1CC1NC2=O. The van der Waals surface area contributed by atoms with Crippen molar-refractivity contribution in [1.82, 2.24) is 5.32 Å². The van der Waals surface area contributed by atoms with E-state index in [1.165, 1.54) is 11.1 Å². The second-order valence-corrected chi connectivity index (χ2v) is 3.96.